The van der Waals surface area contributed by atoms with E-state index in [9.17, 15) is 0 Å². The fourth-order valence-corrected chi connectivity index (χ4v) is 4.60. The molecule has 0 spiro atoms. The minimum Gasteiger partial charge on any atom is -0.311 e. The summed E-state index contributed by atoms with van der Waals surface area (Å²) in [5.41, 5.74) is 1.66. The van der Waals surface area contributed by atoms with Crippen LogP contribution in [0.1, 0.15) is 56.0 Å². The van der Waals surface area contributed by atoms with Gasteiger partial charge in [-0.2, -0.15) is 0 Å². The Morgan fingerprint density at radius 2 is 2.05 bits per heavy atom. The van der Waals surface area contributed by atoms with Crippen LogP contribution < -0.4 is 5.32 Å². The molecule has 108 valence electrons. The van der Waals surface area contributed by atoms with Gasteiger partial charge in [0.25, 0.3) is 0 Å². The Morgan fingerprint density at radius 3 is 2.53 bits per heavy atom. The first-order valence-corrected chi connectivity index (χ1v) is 8.47. The van der Waals surface area contributed by atoms with Crippen molar-refractivity contribution in [1.82, 2.24) is 10.2 Å². The van der Waals surface area contributed by atoms with E-state index in [0.29, 0.717) is 6.04 Å². The average Bonchev–Trinajstić information content (AvgIpc) is 2.86. The van der Waals surface area contributed by atoms with Crippen molar-refractivity contribution in [3.05, 3.63) is 21.9 Å². The first kappa shape index (κ1) is 15.0. The Bertz CT molecular complexity index is 395. The van der Waals surface area contributed by atoms with E-state index in [4.69, 9.17) is 0 Å². The third kappa shape index (κ3) is 2.88. The lowest BCUT2D eigenvalue weighted by atomic mass is 9.84. The van der Waals surface area contributed by atoms with Crippen molar-refractivity contribution in [1.29, 1.82) is 0 Å². The van der Waals surface area contributed by atoms with Crippen LogP contribution in [0.5, 0.6) is 0 Å². The number of aryl methyl sites for hydroxylation is 1. The normalized spacial score (nSPS) is 22.1. The van der Waals surface area contributed by atoms with Crippen molar-refractivity contribution in [3.63, 3.8) is 0 Å². The summed E-state index contributed by atoms with van der Waals surface area (Å²) < 4.78 is 0. The van der Waals surface area contributed by atoms with Crippen LogP contribution in [0.3, 0.4) is 0 Å². The van der Waals surface area contributed by atoms with Gasteiger partial charge < -0.3 is 5.32 Å². The monoisotopic (exact) mass is 280 g/mol. The van der Waals surface area contributed by atoms with E-state index >= 15 is 0 Å². The maximum Gasteiger partial charge on any atom is 0.0599 e. The fraction of sp³-hybridized carbons (Fsp3) is 0.750. The average molecular weight is 280 g/mol. The fourth-order valence-electron chi connectivity index (χ4n) is 3.42. The predicted molar refractivity (Wildman–Crippen MR) is 85.0 cm³/mol. The van der Waals surface area contributed by atoms with E-state index in [2.05, 4.69) is 49.5 Å². The van der Waals surface area contributed by atoms with Gasteiger partial charge in [0, 0.05) is 10.4 Å². The molecule has 2 unspecified atom stereocenters. The highest BCUT2D eigenvalue weighted by Gasteiger charge is 2.39. The van der Waals surface area contributed by atoms with Gasteiger partial charge in [-0.05, 0) is 70.3 Å². The molecule has 0 saturated carbocycles. The maximum absolute atomic E-state index is 3.60. The first-order valence-electron chi connectivity index (χ1n) is 7.59. The molecule has 1 aliphatic rings. The van der Waals surface area contributed by atoms with Gasteiger partial charge in [-0.3, -0.25) is 4.90 Å². The summed E-state index contributed by atoms with van der Waals surface area (Å²) in [6, 6.07) is 2.69. The second-order valence-corrected chi connectivity index (χ2v) is 6.90. The minimum atomic E-state index is 0.227. The number of nitrogens with zero attached hydrogens (tertiary/aromatic N) is 1. The predicted octanol–water partition coefficient (Wildman–Crippen LogP) is 3.97. The number of likely N-dealkylation sites (N-methyl/N-ethyl adjacent to an activating group) is 1. The molecule has 0 bridgehead atoms. The molecule has 1 aromatic rings. The highest BCUT2D eigenvalue weighted by Crippen LogP contribution is 2.39. The lowest BCUT2D eigenvalue weighted by Gasteiger charge is -2.48. The van der Waals surface area contributed by atoms with Crippen LogP contribution in [-0.4, -0.2) is 30.6 Å². The molecule has 1 aliphatic heterocycles. The number of hydrogen-bond donors (Lipinski definition) is 1. The van der Waals surface area contributed by atoms with E-state index in [1.807, 2.05) is 11.3 Å². The molecule has 1 N–H and O–H groups in total. The summed E-state index contributed by atoms with van der Waals surface area (Å²) in [6.07, 6.45) is 5.30. The number of nitrogens with one attached hydrogen (secondary N) is 1. The van der Waals surface area contributed by atoms with Gasteiger partial charge in [0.1, 0.15) is 0 Å². The van der Waals surface area contributed by atoms with Crippen molar-refractivity contribution in [2.75, 3.05) is 20.1 Å². The van der Waals surface area contributed by atoms with Crippen molar-refractivity contribution >= 4 is 11.3 Å². The zero-order chi connectivity index (χ0) is 13.9. The molecule has 2 rings (SSSR count). The van der Waals surface area contributed by atoms with Gasteiger partial charge >= 0.3 is 0 Å². The molecular weight excluding hydrogens is 252 g/mol. The van der Waals surface area contributed by atoms with Crippen molar-refractivity contribution < 1.29 is 0 Å². The topological polar surface area (TPSA) is 15.3 Å². The van der Waals surface area contributed by atoms with Gasteiger partial charge in [-0.25, -0.2) is 0 Å². The van der Waals surface area contributed by atoms with Crippen LogP contribution in [-0.2, 0) is 0 Å². The molecule has 0 radical (unpaired) electrons. The highest BCUT2D eigenvalue weighted by molar-refractivity contribution is 7.10. The number of thiophene rings is 1. The van der Waals surface area contributed by atoms with Crippen molar-refractivity contribution in [2.45, 2.75) is 58.0 Å². The van der Waals surface area contributed by atoms with E-state index < -0.39 is 0 Å². The highest BCUT2D eigenvalue weighted by atomic mass is 32.1. The molecule has 3 heteroatoms. The summed E-state index contributed by atoms with van der Waals surface area (Å²) >= 11 is 1.90. The quantitative estimate of drug-likeness (QED) is 0.878. The SMILES string of the molecule is CCC(C)(C(NC)c1sccc1C)N1CCCCC1. The van der Waals surface area contributed by atoms with Crippen LogP contribution in [0.2, 0.25) is 0 Å². The molecule has 1 saturated heterocycles. The minimum absolute atomic E-state index is 0.227. The first-order chi connectivity index (χ1) is 9.13. The molecule has 19 heavy (non-hydrogen) atoms. The van der Waals surface area contributed by atoms with Crippen LogP contribution in [0, 0.1) is 6.92 Å². The Hall–Kier alpha value is -0.380. The molecule has 2 atom stereocenters. The smallest absolute Gasteiger partial charge is 0.0599 e. The zero-order valence-electron chi connectivity index (χ0n) is 12.8. The van der Waals surface area contributed by atoms with Crippen LogP contribution in [0.25, 0.3) is 0 Å². The third-order valence-corrected chi connectivity index (χ3v) is 5.95. The van der Waals surface area contributed by atoms with E-state index in [1.54, 1.807) is 0 Å². The summed E-state index contributed by atoms with van der Waals surface area (Å²) in [7, 11) is 2.11. The molecule has 0 aliphatic carbocycles. The second kappa shape index (κ2) is 6.38. The Labute approximate surface area is 122 Å². The molecule has 1 aromatic heterocycles. The number of likely N-dealkylation sites (tertiary alicyclic amines) is 1. The van der Waals surface area contributed by atoms with E-state index in [-0.39, 0.29) is 5.54 Å². The van der Waals surface area contributed by atoms with Gasteiger partial charge in [0.15, 0.2) is 0 Å². The molecule has 1 fully saturated rings. The number of piperidine rings is 1. The summed E-state index contributed by atoms with van der Waals surface area (Å²) in [5, 5.41) is 5.83. The van der Waals surface area contributed by atoms with Crippen molar-refractivity contribution in [2.24, 2.45) is 0 Å². The summed E-state index contributed by atoms with van der Waals surface area (Å²) in [6.45, 7) is 9.53. The standard InChI is InChI=1S/C16H28N2S/c1-5-16(3,18-10-7-6-8-11-18)15(17-4)14-13(2)9-12-19-14/h9,12,15,17H,5-8,10-11H2,1-4H3. The molecule has 2 nitrogen and oxygen atoms in total. The Balaban J connectivity index is 2.29. The van der Waals surface area contributed by atoms with Gasteiger partial charge in [-0.15, -0.1) is 11.3 Å². The Kier molecular flexibility index (Phi) is 5.04. The molecule has 2 heterocycles. The van der Waals surface area contributed by atoms with Crippen molar-refractivity contribution in [3.8, 4) is 0 Å². The largest absolute Gasteiger partial charge is 0.311 e. The molecule has 0 amide bonds. The Morgan fingerprint density at radius 1 is 1.37 bits per heavy atom. The van der Waals surface area contributed by atoms with Crippen LogP contribution >= 0.6 is 11.3 Å². The summed E-state index contributed by atoms with van der Waals surface area (Å²) in [4.78, 5) is 4.23. The van der Waals surface area contributed by atoms with Gasteiger partial charge in [-0.1, -0.05) is 13.3 Å². The lowest BCUT2D eigenvalue weighted by Crippen LogP contribution is -2.55. The van der Waals surface area contributed by atoms with Gasteiger partial charge in [0.05, 0.1) is 6.04 Å². The van der Waals surface area contributed by atoms with Crippen LogP contribution in [0.15, 0.2) is 11.4 Å². The van der Waals surface area contributed by atoms with E-state index in [1.165, 1.54) is 49.2 Å². The van der Waals surface area contributed by atoms with Gasteiger partial charge in [0.2, 0.25) is 0 Å². The zero-order valence-corrected chi connectivity index (χ0v) is 13.6. The molecular formula is C16H28N2S. The maximum atomic E-state index is 3.60. The lowest BCUT2D eigenvalue weighted by molar-refractivity contribution is 0.0457. The third-order valence-electron chi connectivity index (χ3n) is 4.87. The second-order valence-electron chi connectivity index (χ2n) is 5.95. The van der Waals surface area contributed by atoms with Crippen LogP contribution in [0.4, 0.5) is 0 Å². The number of hydrogen-bond acceptors (Lipinski definition) is 3. The summed E-state index contributed by atoms with van der Waals surface area (Å²) in [5.74, 6) is 0. The molecule has 0 aromatic carbocycles. The number of rotatable bonds is 5. The van der Waals surface area contributed by atoms with E-state index in [0.717, 1.165) is 0 Å².